The van der Waals surface area contributed by atoms with Gasteiger partial charge in [0, 0.05) is 24.2 Å². The van der Waals surface area contributed by atoms with E-state index in [9.17, 15) is 4.79 Å². The SMILES string of the molecule is Cc1nc2ccccn2c1CCC(=O)Nc1nnc(C2CCCCC2)s1. The maximum atomic E-state index is 12.3. The van der Waals surface area contributed by atoms with E-state index in [-0.39, 0.29) is 5.91 Å². The van der Waals surface area contributed by atoms with Crippen LogP contribution in [0.4, 0.5) is 5.13 Å². The van der Waals surface area contributed by atoms with E-state index in [1.54, 1.807) is 0 Å². The van der Waals surface area contributed by atoms with Crippen LogP contribution < -0.4 is 5.32 Å². The molecule has 0 radical (unpaired) electrons. The van der Waals surface area contributed by atoms with Gasteiger partial charge in [0.2, 0.25) is 11.0 Å². The summed E-state index contributed by atoms with van der Waals surface area (Å²) in [5.74, 6) is 0.495. The summed E-state index contributed by atoms with van der Waals surface area (Å²) in [6, 6.07) is 5.92. The van der Waals surface area contributed by atoms with Crippen molar-refractivity contribution in [2.24, 2.45) is 0 Å². The van der Waals surface area contributed by atoms with Crippen molar-refractivity contribution in [3.8, 4) is 0 Å². The summed E-state index contributed by atoms with van der Waals surface area (Å²) in [4.78, 5) is 16.9. The van der Waals surface area contributed by atoms with Gasteiger partial charge in [0.05, 0.1) is 5.69 Å². The highest BCUT2D eigenvalue weighted by molar-refractivity contribution is 7.15. The van der Waals surface area contributed by atoms with Crippen molar-refractivity contribution in [1.82, 2.24) is 19.6 Å². The molecule has 1 aliphatic carbocycles. The molecule has 0 spiro atoms. The molecule has 0 aliphatic heterocycles. The fraction of sp³-hybridized carbons (Fsp3) is 0.474. The first-order chi connectivity index (χ1) is 12.7. The van der Waals surface area contributed by atoms with E-state index in [0.717, 1.165) is 22.0 Å². The van der Waals surface area contributed by atoms with Gasteiger partial charge >= 0.3 is 0 Å². The third-order valence-electron chi connectivity index (χ3n) is 5.06. The Kier molecular flexibility index (Phi) is 4.97. The van der Waals surface area contributed by atoms with Crippen LogP contribution in [0.5, 0.6) is 0 Å². The van der Waals surface area contributed by atoms with Gasteiger partial charge in [-0.1, -0.05) is 36.7 Å². The molecule has 3 heterocycles. The molecule has 1 saturated carbocycles. The quantitative estimate of drug-likeness (QED) is 0.734. The lowest BCUT2D eigenvalue weighted by atomic mass is 9.90. The summed E-state index contributed by atoms with van der Waals surface area (Å²) in [6.07, 6.45) is 9.28. The molecule has 1 amide bonds. The smallest absolute Gasteiger partial charge is 0.226 e. The lowest BCUT2D eigenvalue weighted by molar-refractivity contribution is -0.116. The van der Waals surface area contributed by atoms with Crippen molar-refractivity contribution in [2.75, 3.05) is 5.32 Å². The fourth-order valence-electron chi connectivity index (χ4n) is 3.68. The number of aromatic nitrogens is 4. The molecule has 1 N–H and O–H groups in total. The fourth-order valence-corrected chi connectivity index (χ4v) is 4.61. The Labute approximate surface area is 156 Å². The number of aryl methyl sites for hydroxylation is 2. The Bertz CT molecular complexity index is 910. The Balaban J connectivity index is 1.37. The van der Waals surface area contributed by atoms with E-state index in [4.69, 9.17) is 0 Å². The lowest BCUT2D eigenvalue weighted by Gasteiger charge is -2.18. The van der Waals surface area contributed by atoms with E-state index in [1.807, 2.05) is 31.3 Å². The van der Waals surface area contributed by atoms with Crippen molar-refractivity contribution in [2.45, 2.75) is 57.8 Å². The zero-order chi connectivity index (χ0) is 17.9. The zero-order valence-electron chi connectivity index (χ0n) is 14.9. The number of amides is 1. The molecule has 1 aliphatic rings. The van der Waals surface area contributed by atoms with Gasteiger partial charge in [-0.2, -0.15) is 0 Å². The zero-order valence-corrected chi connectivity index (χ0v) is 15.8. The van der Waals surface area contributed by atoms with Crippen molar-refractivity contribution in [1.29, 1.82) is 0 Å². The van der Waals surface area contributed by atoms with Gasteiger partial charge in [0.1, 0.15) is 10.7 Å². The molecule has 26 heavy (non-hydrogen) atoms. The molecule has 1 fully saturated rings. The Hall–Kier alpha value is -2.28. The first-order valence-corrected chi connectivity index (χ1v) is 10.1. The first-order valence-electron chi connectivity index (χ1n) is 9.26. The number of carbonyl (C=O) groups excluding carboxylic acids is 1. The van der Waals surface area contributed by atoms with Gasteiger partial charge in [-0.3, -0.25) is 4.79 Å². The van der Waals surface area contributed by atoms with Crippen molar-refractivity contribution < 1.29 is 4.79 Å². The average molecular weight is 369 g/mol. The molecule has 136 valence electrons. The molecule has 0 aromatic carbocycles. The number of rotatable bonds is 5. The Morgan fingerprint density at radius 1 is 1.27 bits per heavy atom. The van der Waals surface area contributed by atoms with Crippen LogP contribution in [0.1, 0.15) is 60.8 Å². The molecule has 3 aromatic heterocycles. The predicted molar refractivity (Wildman–Crippen MR) is 103 cm³/mol. The lowest BCUT2D eigenvalue weighted by Crippen LogP contribution is -2.13. The van der Waals surface area contributed by atoms with Crippen molar-refractivity contribution >= 4 is 28.0 Å². The van der Waals surface area contributed by atoms with Gasteiger partial charge in [0.15, 0.2) is 0 Å². The molecule has 4 rings (SSSR count). The van der Waals surface area contributed by atoms with Gasteiger partial charge in [-0.25, -0.2) is 4.98 Å². The number of hydrogen-bond donors (Lipinski definition) is 1. The number of hydrogen-bond acceptors (Lipinski definition) is 5. The minimum atomic E-state index is -0.0263. The van der Waals surface area contributed by atoms with Crippen LogP contribution in [0, 0.1) is 6.92 Å². The molecule has 6 nitrogen and oxygen atoms in total. The van der Waals surface area contributed by atoms with Crippen LogP contribution in [0.3, 0.4) is 0 Å². The summed E-state index contributed by atoms with van der Waals surface area (Å²) in [5.41, 5.74) is 2.97. The van der Waals surface area contributed by atoms with Crippen molar-refractivity contribution in [3.05, 3.63) is 40.8 Å². The third kappa shape index (κ3) is 3.62. The second-order valence-corrected chi connectivity index (χ2v) is 7.91. The van der Waals surface area contributed by atoms with Gasteiger partial charge < -0.3 is 9.72 Å². The van der Waals surface area contributed by atoms with Crippen LogP contribution >= 0.6 is 11.3 Å². The number of pyridine rings is 1. The summed E-state index contributed by atoms with van der Waals surface area (Å²) in [6.45, 7) is 1.99. The van der Waals surface area contributed by atoms with Gasteiger partial charge in [0.25, 0.3) is 0 Å². The molecule has 3 aromatic rings. The van der Waals surface area contributed by atoms with Crippen LogP contribution in [0.2, 0.25) is 0 Å². The van der Waals surface area contributed by atoms with Crippen LogP contribution in [0.25, 0.3) is 5.65 Å². The molecule has 0 bridgehead atoms. The van der Waals surface area contributed by atoms with E-state index >= 15 is 0 Å². The number of carbonyl (C=O) groups is 1. The topological polar surface area (TPSA) is 72.2 Å². The Morgan fingerprint density at radius 3 is 2.96 bits per heavy atom. The largest absolute Gasteiger partial charge is 0.304 e. The first kappa shape index (κ1) is 17.1. The molecular weight excluding hydrogens is 346 g/mol. The van der Waals surface area contributed by atoms with Gasteiger partial charge in [-0.05, 0) is 38.3 Å². The molecular formula is C19H23N5OS. The number of fused-ring (bicyclic) bond motifs is 1. The highest BCUT2D eigenvalue weighted by Gasteiger charge is 2.20. The summed E-state index contributed by atoms with van der Waals surface area (Å²) >= 11 is 1.53. The van der Waals surface area contributed by atoms with Gasteiger partial charge in [-0.15, -0.1) is 10.2 Å². The van der Waals surface area contributed by atoms with Crippen LogP contribution in [-0.4, -0.2) is 25.5 Å². The summed E-state index contributed by atoms with van der Waals surface area (Å²) in [7, 11) is 0. The maximum absolute atomic E-state index is 12.3. The van der Waals surface area contributed by atoms with E-state index in [1.165, 1.54) is 43.4 Å². The van der Waals surface area contributed by atoms with Crippen molar-refractivity contribution in [3.63, 3.8) is 0 Å². The summed E-state index contributed by atoms with van der Waals surface area (Å²) < 4.78 is 2.05. The number of imidazole rings is 1. The molecule has 0 atom stereocenters. The average Bonchev–Trinajstić information content (AvgIpc) is 3.24. The van der Waals surface area contributed by atoms with E-state index in [2.05, 4.69) is 24.9 Å². The predicted octanol–water partition coefficient (Wildman–Crippen LogP) is 4.11. The second-order valence-electron chi connectivity index (χ2n) is 6.90. The molecule has 0 unspecified atom stereocenters. The minimum absolute atomic E-state index is 0.0263. The van der Waals surface area contributed by atoms with Crippen LogP contribution in [-0.2, 0) is 11.2 Å². The standard InChI is InChI=1S/C19H23N5OS/c1-13-15(24-12-6-5-9-16(24)20-13)10-11-17(25)21-19-23-22-18(26-19)14-7-3-2-4-8-14/h5-6,9,12,14H,2-4,7-8,10-11H2,1H3,(H,21,23,25). The minimum Gasteiger partial charge on any atom is -0.304 e. The molecule has 0 saturated heterocycles. The number of nitrogens with one attached hydrogen (secondary N) is 1. The number of nitrogens with zero attached hydrogens (tertiary/aromatic N) is 4. The second kappa shape index (κ2) is 7.53. The number of anilines is 1. The Morgan fingerprint density at radius 2 is 2.12 bits per heavy atom. The maximum Gasteiger partial charge on any atom is 0.226 e. The highest BCUT2D eigenvalue weighted by atomic mass is 32.1. The van der Waals surface area contributed by atoms with E-state index < -0.39 is 0 Å². The normalized spacial score (nSPS) is 15.4. The monoisotopic (exact) mass is 369 g/mol. The van der Waals surface area contributed by atoms with Crippen LogP contribution in [0.15, 0.2) is 24.4 Å². The third-order valence-corrected chi connectivity index (χ3v) is 6.06. The highest BCUT2D eigenvalue weighted by Crippen LogP contribution is 2.35. The van der Waals surface area contributed by atoms with E-state index in [0.29, 0.717) is 23.9 Å². The summed E-state index contributed by atoms with van der Waals surface area (Å²) in [5, 5.41) is 13.1. The molecule has 7 heteroatoms.